The number of ether oxygens (including phenoxy) is 2. The number of nitrogens with one attached hydrogen (secondary N) is 1. The van der Waals surface area contributed by atoms with Crippen molar-refractivity contribution in [2.75, 3.05) is 13.7 Å². The Morgan fingerprint density at radius 2 is 1.84 bits per heavy atom. The van der Waals surface area contributed by atoms with Crippen molar-refractivity contribution in [3.63, 3.8) is 0 Å². The monoisotopic (exact) mass is 504 g/mol. The molecular weight excluding hydrogens is 488 g/mol. The third-order valence-corrected chi connectivity index (χ3v) is 4.99. The lowest BCUT2D eigenvalue weighted by Crippen LogP contribution is -2.35. The number of urea groups is 1. The van der Waals surface area contributed by atoms with Crippen LogP contribution in [0.2, 0.25) is 0 Å². The van der Waals surface area contributed by atoms with E-state index in [4.69, 9.17) is 19.7 Å². The van der Waals surface area contributed by atoms with Crippen LogP contribution in [0.3, 0.4) is 0 Å². The maximum atomic E-state index is 12.3. The van der Waals surface area contributed by atoms with Gasteiger partial charge in [0.25, 0.3) is 5.91 Å². The number of hydrogen-bond acceptors (Lipinski definition) is 6. The number of nitrogens with zero attached hydrogens (tertiary/aromatic N) is 1. The molecule has 0 aliphatic carbocycles. The number of carboxylic acid groups (broad SMARTS) is 2. The van der Waals surface area contributed by atoms with Gasteiger partial charge in [-0.3, -0.25) is 9.59 Å². The summed E-state index contributed by atoms with van der Waals surface area (Å²) >= 11 is 3.39. The number of carbonyl (C=O) groups is 4. The number of carbonyl (C=O) groups excluding carboxylic acids is 2. The SMILES string of the molecule is COc1cc(/C=C2/NC(=O)N(CC(=O)O)C2=O)cc(Br)c1OCc1ccc(C(=O)O)cc1. The van der Waals surface area contributed by atoms with Crippen molar-refractivity contribution in [2.24, 2.45) is 0 Å². The zero-order valence-electron chi connectivity index (χ0n) is 16.6. The highest BCUT2D eigenvalue weighted by molar-refractivity contribution is 9.10. The van der Waals surface area contributed by atoms with E-state index in [0.29, 0.717) is 26.4 Å². The van der Waals surface area contributed by atoms with Gasteiger partial charge in [-0.1, -0.05) is 12.1 Å². The predicted molar refractivity (Wildman–Crippen MR) is 114 cm³/mol. The van der Waals surface area contributed by atoms with Gasteiger partial charge in [0.15, 0.2) is 11.5 Å². The van der Waals surface area contributed by atoms with Gasteiger partial charge in [-0.15, -0.1) is 0 Å². The van der Waals surface area contributed by atoms with E-state index < -0.39 is 30.4 Å². The van der Waals surface area contributed by atoms with Crippen LogP contribution in [0.5, 0.6) is 11.5 Å². The van der Waals surface area contributed by atoms with Crippen LogP contribution >= 0.6 is 15.9 Å². The fourth-order valence-electron chi connectivity index (χ4n) is 2.88. The number of aromatic carboxylic acids is 1. The summed E-state index contributed by atoms with van der Waals surface area (Å²) in [7, 11) is 1.43. The van der Waals surface area contributed by atoms with Gasteiger partial charge in [-0.25, -0.2) is 14.5 Å². The second-order valence-electron chi connectivity index (χ2n) is 6.60. The molecule has 2 aromatic carbocycles. The fraction of sp³-hybridized carbons (Fsp3) is 0.143. The van der Waals surface area contributed by atoms with Crippen LogP contribution in [0.15, 0.2) is 46.6 Å². The number of aliphatic carboxylic acids is 1. The molecule has 0 spiro atoms. The van der Waals surface area contributed by atoms with E-state index in [1.165, 1.54) is 25.3 Å². The van der Waals surface area contributed by atoms with E-state index in [-0.39, 0.29) is 17.9 Å². The van der Waals surface area contributed by atoms with Crippen molar-refractivity contribution in [1.29, 1.82) is 0 Å². The van der Waals surface area contributed by atoms with Crippen molar-refractivity contribution in [1.82, 2.24) is 10.2 Å². The van der Waals surface area contributed by atoms with Crippen molar-refractivity contribution >= 4 is 45.9 Å². The Hall–Kier alpha value is -3.86. The standard InChI is InChI=1S/C21H17BrN2O8/c1-31-16-8-12(7-15-19(27)24(9-17(25)26)21(30)23-15)6-14(22)18(16)32-10-11-2-4-13(5-3-11)20(28)29/h2-8H,9-10H2,1H3,(H,23,30)(H,25,26)(H,28,29)/b15-7+. The third-order valence-electron chi connectivity index (χ3n) is 4.40. The normalized spacial score (nSPS) is 14.4. The molecule has 166 valence electrons. The van der Waals surface area contributed by atoms with E-state index in [1.54, 1.807) is 24.3 Å². The summed E-state index contributed by atoms with van der Waals surface area (Å²) < 4.78 is 11.7. The second-order valence-corrected chi connectivity index (χ2v) is 7.45. The molecule has 0 atom stereocenters. The first kappa shape index (κ1) is 22.8. The Morgan fingerprint density at radius 3 is 2.44 bits per heavy atom. The van der Waals surface area contributed by atoms with Crippen LogP contribution in [0.25, 0.3) is 6.08 Å². The van der Waals surface area contributed by atoms with Crippen molar-refractivity contribution in [3.8, 4) is 11.5 Å². The van der Waals surface area contributed by atoms with Crippen LogP contribution in [0.4, 0.5) is 4.79 Å². The van der Waals surface area contributed by atoms with Gasteiger partial charge in [-0.05, 0) is 57.4 Å². The molecule has 0 radical (unpaired) electrons. The highest BCUT2D eigenvalue weighted by Crippen LogP contribution is 2.38. The molecule has 1 aliphatic heterocycles. The first-order chi connectivity index (χ1) is 15.2. The molecule has 11 heteroatoms. The third kappa shape index (κ3) is 5.06. The van der Waals surface area contributed by atoms with Crippen molar-refractivity contribution < 1.29 is 38.9 Å². The minimum Gasteiger partial charge on any atom is -0.493 e. The number of imide groups is 1. The van der Waals surface area contributed by atoms with E-state index in [0.717, 1.165) is 5.56 Å². The van der Waals surface area contributed by atoms with Gasteiger partial charge in [-0.2, -0.15) is 0 Å². The quantitative estimate of drug-likeness (QED) is 0.367. The summed E-state index contributed by atoms with van der Waals surface area (Å²) in [6, 6.07) is 8.63. The molecule has 1 saturated heterocycles. The maximum Gasteiger partial charge on any atom is 0.335 e. The molecular formula is C21H17BrN2O8. The molecule has 0 unspecified atom stereocenters. The number of carboxylic acids is 2. The van der Waals surface area contributed by atoms with E-state index >= 15 is 0 Å². The number of methoxy groups -OCH3 is 1. The second kappa shape index (κ2) is 9.52. The molecule has 10 nitrogen and oxygen atoms in total. The number of hydrogen-bond donors (Lipinski definition) is 3. The first-order valence-electron chi connectivity index (χ1n) is 9.08. The Balaban J connectivity index is 1.80. The maximum absolute atomic E-state index is 12.3. The summed E-state index contributed by atoms with van der Waals surface area (Å²) in [6.07, 6.45) is 1.39. The molecule has 1 heterocycles. The molecule has 0 saturated carbocycles. The minimum absolute atomic E-state index is 0.0719. The zero-order chi connectivity index (χ0) is 23.4. The smallest absolute Gasteiger partial charge is 0.335 e. The van der Waals surface area contributed by atoms with Crippen LogP contribution in [-0.2, 0) is 16.2 Å². The van der Waals surface area contributed by atoms with Crippen LogP contribution < -0.4 is 14.8 Å². The summed E-state index contributed by atoms with van der Waals surface area (Å²) in [5.74, 6) is -2.36. The lowest BCUT2D eigenvalue weighted by atomic mass is 10.1. The van der Waals surface area contributed by atoms with Gasteiger partial charge < -0.3 is 25.0 Å². The molecule has 1 fully saturated rings. The number of amides is 3. The van der Waals surface area contributed by atoms with Gasteiger partial charge in [0, 0.05) is 0 Å². The lowest BCUT2D eigenvalue weighted by molar-refractivity contribution is -0.140. The lowest BCUT2D eigenvalue weighted by Gasteiger charge is -2.14. The Morgan fingerprint density at radius 1 is 1.16 bits per heavy atom. The molecule has 32 heavy (non-hydrogen) atoms. The Labute approximate surface area is 190 Å². The average Bonchev–Trinajstić information content (AvgIpc) is 2.99. The highest BCUT2D eigenvalue weighted by atomic mass is 79.9. The topological polar surface area (TPSA) is 142 Å². The summed E-state index contributed by atoms with van der Waals surface area (Å²) in [4.78, 5) is 46.5. The van der Waals surface area contributed by atoms with Crippen molar-refractivity contribution in [2.45, 2.75) is 6.61 Å². The summed E-state index contributed by atoms with van der Waals surface area (Å²) in [5, 5.41) is 20.1. The summed E-state index contributed by atoms with van der Waals surface area (Å²) in [6.45, 7) is -0.594. The molecule has 3 rings (SSSR count). The van der Waals surface area contributed by atoms with Gasteiger partial charge in [0.05, 0.1) is 17.1 Å². The van der Waals surface area contributed by atoms with Crippen LogP contribution in [0, 0.1) is 0 Å². The van der Waals surface area contributed by atoms with Crippen LogP contribution in [-0.4, -0.2) is 52.6 Å². The Kier molecular flexibility index (Phi) is 6.79. The predicted octanol–water partition coefficient (Wildman–Crippen LogP) is 2.71. The number of halogens is 1. The van der Waals surface area contributed by atoms with Gasteiger partial charge in [0.2, 0.25) is 0 Å². The average molecular weight is 505 g/mol. The molecule has 3 N–H and O–H groups in total. The van der Waals surface area contributed by atoms with E-state index in [9.17, 15) is 19.2 Å². The Bertz CT molecular complexity index is 1130. The number of rotatable bonds is 8. The first-order valence-corrected chi connectivity index (χ1v) is 9.87. The molecule has 1 aliphatic rings. The van der Waals surface area contributed by atoms with Gasteiger partial charge >= 0.3 is 18.0 Å². The number of benzene rings is 2. The largest absolute Gasteiger partial charge is 0.493 e. The molecule has 3 amide bonds. The van der Waals surface area contributed by atoms with Crippen molar-refractivity contribution in [3.05, 3.63) is 63.3 Å². The molecule has 2 aromatic rings. The fourth-order valence-corrected chi connectivity index (χ4v) is 3.45. The van der Waals surface area contributed by atoms with E-state index in [1.807, 2.05) is 0 Å². The zero-order valence-corrected chi connectivity index (χ0v) is 18.2. The summed E-state index contributed by atoms with van der Waals surface area (Å²) in [5.41, 5.74) is 1.33. The highest BCUT2D eigenvalue weighted by Gasteiger charge is 2.34. The minimum atomic E-state index is -1.31. The van der Waals surface area contributed by atoms with E-state index in [2.05, 4.69) is 21.2 Å². The molecule has 0 aromatic heterocycles. The van der Waals surface area contributed by atoms with Gasteiger partial charge in [0.1, 0.15) is 18.8 Å². The molecule has 0 bridgehead atoms. The van der Waals surface area contributed by atoms with Crippen LogP contribution in [0.1, 0.15) is 21.5 Å².